The van der Waals surface area contributed by atoms with Crippen LogP contribution in [0, 0.1) is 11.8 Å². The second-order valence-corrected chi connectivity index (χ2v) is 8.83. The van der Waals surface area contributed by atoms with Crippen LogP contribution in [0.25, 0.3) is 0 Å². The molecule has 2 heterocycles. The summed E-state index contributed by atoms with van der Waals surface area (Å²) in [5.41, 5.74) is 1.14. The monoisotopic (exact) mass is 416 g/mol. The third-order valence-corrected chi connectivity index (χ3v) is 6.84. The minimum atomic E-state index is -4.26. The zero-order valence-corrected chi connectivity index (χ0v) is 16.9. The molecule has 1 N–H and O–H groups in total. The van der Waals surface area contributed by atoms with E-state index in [1.54, 1.807) is 16.2 Å². The van der Waals surface area contributed by atoms with Crippen LogP contribution in [0.1, 0.15) is 55.9 Å². The van der Waals surface area contributed by atoms with Gasteiger partial charge in [0.25, 0.3) is 0 Å². The number of carbonyl (C=O) groups is 2. The Morgan fingerprint density at radius 2 is 2.14 bits per heavy atom. The van der Waals surface area contributed by atoms with Crippen LogP contribution in [-0.4, -0.2) is 35.5 Å². The number of nitrogens with one attached hydrogen (secondary N) is 1. The number of carbonyl (C=O) groups excluding carboxylic acids is 2. The number of rotatable bonds is 5. The van der Waals surface area contributed by atoms with Crippen molar-refractivity contribution in [2.24, 2.45) is 11.8 Å². The van der Waals surface area contributed by atoms with E-state index in [-0.39, 0.29) is 18.7 Å². The molecule has 0 spiro atoms. The minimum absolute atomic E-state index is 0.0847. The quantitative estimate of drug-likeness (QED) is 0.779. The number of amides is 2. The highest BCUT2D eigenvalue weighted by atomic mass is 32.1. The number of thiophene rings is 1. The van der Waals surface area contributed by atoms with Crippen LogP contribution in [0.5, 0.6) is 0 Å². The summed E-state index contributed by atoms with van der Waals surface area (Å²) >= 11 is 1.69. The van der Waals surface area contributed by atoms with Gasteiger partial charge >= 0.3 is 6.18 Å². The van der Waals surface area contributed by atoms with Gasteiger partial charge in [-0.1, -0.05) is 19.8 Å². The van der Waals surface area contributed by atoms with Gasteiger partial charge in [0.1, 0.15) is 6.04 Å². The van der Waals surface area contributed by atoms with Gasteiger partial charge in [0, 0.05) is 23.9 Å². The summed E-state index contributed by atoms with van der Waals surface area (Å²) < 4.78 is 39.1. The van der Waals surface area contributed by atoms with Gasteiger partial charge in [-0.25, -0.2) is 0 Å². The first-order valence-corrected chi connectivity index (χ1v) is 10.9. The highest BCUT2D eigenvalue weighted by Gasteiger charge is 2.44. The standard InChI is InChI=1S/C20H27F3N2O2S/c1-2-4-16(19(27)25-9-7-17-14(12-25)8-10-28-17)24-18(26)13-5-3-6-15(11-13)20(21,22)23/h8,10,13,15-16H,2-7,9,11-12H2,1H3,(H,24,26). The van der Waals surface area contributed by atoms with Crippen LogP contribution in [-0.2, 0) is 22.6 Å². The average Bonchev–Trinajstić information content (AvgIpc) is 3.14. The SMILES string of the molecule is CCCC(NC(=O)C1CCCC(C(F)(F)F)C1)C(=O)N1CCc2sccc2C1. The molecule has 4 nitrogen and oxygen atoms in total. The van der Waals surface area contributed by atoms with E-state index >= 15 is 0 Å². The van der Waals surface area contributed by atoms with Crippen molar-refractivity contribution in [2.45, 2.75) is 70.6 Å². The first-order chi connectivity index (χ1) is 13.3. The third kappa shape index (κ3) is 4.88. The van der Waals surface area contributed by atoms with Crippen molar-refractivity contribution in [3.63, 3.8) is 0 Å². The lowest BCUT2D eigenvalue weighted by atomic mass is 9.80. The molecule has 2 amide bonds. The predicted octanol–water partition coefficient (Wildman–Crippen LogP) is 4.29. The molecule has 28 heavy (non-hydrogen) atoms. The molecule has 3 unspecified atom stereocenters. The lowest BCUT2D eigenvalue weighted by Crippen LogP contribution is -2.51. The van der Waals surface area contributed by atoms with Crippen molar-refractivity contribution < 1.29 is 22.8 Å². The number of nitrogens with zero attached hydrogens (tertiary/aromatic N) is 1. The maximum atomic E-state index is 13.0. The highest BCUT2D eigenvalue weighted by Crippen LogP contribution is 2.40. The van der Waals surface area contributed by atoms with Crippen molar-refractivity contribution in [2.75, 3.05) is 6.54 Å². The molecule has 1 aliphatic heterocycles. The normalized spacial score (nSPS) is 23.8. The lowest BCUT2D eigenvalue weighted by molar-refractivity contribution is -0.186. The van der Waals surface area contributed by atoms with E-state index in [2.05, 4.69) is 5.32 Å². The number of hydrogen-bond acceptors (Lipinski definition) is 3. The Bertz CT molecular complexity index is 704. The highest BCUT2D eigenvalue weighted by molar-refractivity contribution is 7.10. The fraction of sp³-hybridized carbons (Fsp3) is 0.700. The maximum Gasteiger partial charge on any atom is 0.391 e. The van der Waals surface area contributed by atoms with Gasteiger partial charge in [0.15, 0.2) is 0 Å². The van der Waals surface area contributed by atoms with Crippen LogP contribution >= 0.6 is 11.3 Å². The van der Waals surface area contributed by atoms with Crippen LogP contribution in [0.3, 0.4) is 0 Å². The molecule has 1 aliphatic carbocycles. The van der Waals surface area contributed by atoms with Crippen molar-refractivity contribution in [3.05, 3.63) is 21.9 Å². The summed E-state index contributed by atoms with van der Waals surface area (Å²) in [5, 5.41) is 4.80. The predicted molar refractivity (Wildman–Crippen MR) is 102 cm³/mol. The largest absolute Gasteiger partial charge is 0.391 e. The molecule has 0 bridgehead atoms. The lowest BCUT2D eigenvalue weighted by Gasteiger charge is -2.33. The molecule has 1 aromatic heterocycles. The molecule has 156 valence electrons. The van der Waals surface area contributed by atoms with E-state index in [1.807, 2.05) is 18.4 Å². The summed E-state index contributed by atoms with van der Waals surface area (Å²) in [6.45, 7) is 3.08. The van der Waals surface area contributed by atoms with E-state index in [0.29, 0.717) is 38.8 Å². The Balaban J connectivity index is 1.62. The Kier molecular flexibility index (Phi) is 6.68. The fourth-order valence-electron chi connectivity index (χ4n) is 4.22. The molecule has 0 radical (unpaired) electrons. The van der Waals surface area contributed by atoms with E-state index in [1.165, 1.54) is 4.88 Å². The van der Waals surface area contributed by atoms with Gasteiger partial charge in [-0.2, -0.15) is 13.2 Å². The number of fused-ring (bicyclic) bond motifs is 1. The molecule has 0 aromatic carbocycles. The number of hydrogen-bond donors (Lipinski definition) is 1. The Morgan fingerprint density at radius 1 is 1.36 bits per heavy atom. The van der Waals surface area contributed by atoms with E-state index < -0.39 is 30.0 Å². The molecular weight excluding hydrogens is 389 g/mol. The molecule has 3 atom stereocenters. The molecule has 8 heteroatoms. The molecule has 0 saturated heterocycles. The summed E-state index contributed by atoms with van der Waals surface area (Å²) in [6.07, 6.45) is -1.50. The van der Waals surface area contributed by atoms with E-state index in [0.717, 1.165) is 12.0 Å². The molecule has 1 saturated carbocycles. The number of halogens is 3. The van der Waals surface area contributed by atoms with Crippen LogP contribution in [0.4, 0.5) is 13.2 Å². The van der Waals surface area contributed by atoms with Crippen LogP contribution in [0.15, 0.2) is 11.4 Å². The smallest absolute Gasteiger partial charge is 0.344 e. The Labute approximate surface area is 167 Å². The van der Waals surface area contributed by atoms with Crippen molar-refractivity contribution >= 4 is 23.2 Å². The fourth-order valence-corrected chi connectivity index (χ4v) is 5.11. The van der Waals surface area contributed by atoms with Gasteiger partial charge < -0.3 is 10.2 Å². The molecule has 2 aliphatic rings. The molecule has 3 rings (SSSR count). The van der Waals surface area contributed by atoms with E-state index in [4.69, 9.17) is 0 Å². The summed E-state index contributed by atoms with van der Waals surface area (Å²) in [7, 11) is 0. The van der Waals surface area contributed by atoms with Gasteiger partial charge in [0.2, 0.25) is 11.8 Å². The van der Waals surface area contributed by atoms with E-state index in [9.17, 15) is 22.8 Å². The van der Waals surface area contributed by atoms with Gasteiger partial charge in [-0.15, -0.1) is 11.3 Å². The summed E-state index contributed by atoms with van der Waals surface area (Å²) in [6, 6.07) is 1.36. The summed E-state index contributed by atoms with van der Waals surface area (Å²) in [5.74, 6) is -2.63. The molecular formula is C20H27F3N2O2S. The average molecular weight is 417 g/mol. The minimum Gasteiger partial charge on any atom is -0.344 e. The Hall–Kier alpha value is -1.57. The number of alkyl halides is 3. The van der Waals surface area contributed by atoms with Gasteiger partial charge in [-0.05, 0) is 49.1 Å². The first-order valence-electron chi connectivity index (χ1n) is 10.0. The van der Waals surface area contributed by atoms with Crippen molar-refractivity contribution in [3.8, 4) is 0 Å². The zero-order valence-electron chi connectivity index (χ0n) is 16.1. The van der Waals surface area contributed by atoms with Crippen molar-refractivity contribution in [1.82, 2.24) is 10.2 Å². The molecule has 1 fully saturated rings. The van der Waals surface area contributed by atoms with Crippen LogP contribution in [0.2, 0.25) is 0 Å². The zero-order chi connectivity index (χ0) is 20.3. The molecule has 1 aromatic rings. The van der Waals surface area contributed by atoms with Gasteiger partial charge in [0.05, 0.1) is 5.92 Å². The second kappa shape index (κ2) is 8.84. The van der Waals surface area contributed by atoms with Crippen LogP contribution < -0.4 is 5.32 Å². The Morgan fingerprint density at radius 3 is 2.86 bits per heavy atom. The third-order valence-electron chi connectivity index (χ3n) is 5.82. The summed E-state index contributed by atoms with van der Waals surface area (Å²) in [4.78, 5) is 28.7. The first kappa shape index (κ1) is 21.1. The van der Waals surface area contributed by atoms with Crippen molar-refractivity contribution in [1.29, 1.82) is 0 Å². The maximum absolute atomic E-state index is 13.0. The van der Waals surface area contributed by atoms with Gasteiger partial charge in [-0.3, -0.25) is 9.59 Å². The topological polar surface area (TPSA) is 49.4 Å². The second-order valence-electron chi connectivity index (χ2n) is 7.83.